The van der Waals surface area contributed by atoms with Crippen LogP contribution < -0.4 is 9.64 Å². The molecule has 55 heavy (non-hydrogen) atoms. The maximum absolute atomic E-state index is 17.8. The van der Waals surface area contributed by atoms with Crippen LogP contribution in [0.15, 0.2) is 30.5 Å². The number of aromatic hydroxyl groups is 1. The lowest BCUT2D eigenvalue weighted by molar-refractivity contribution is -0.0273. The Kier molecular flexibility index (Phi) is 9.28. The highest BCUT2D eigenvalue weighted by atomic mass is 19.1. The Morgan fingerprint density at radius 2 is 1.85 bits per heavy atom. The third kappa shape index (κ3) is 6.52. The molecule has 0 spiro atoms. The van der Waals surface area contributed by atoms with Crippen molar-refractivity contribution in [1.82, 2.24) is 29.5 Å². The summed E-state index contributed by atoms with van der Waals surface area (Å²) in [6.07, 6.45) is 12.9. The van der Waals surface area contributed by atoms with E-state index in [1.54, 1.807) is 18.8 Å². The number of morpholine rings is 1. The summed E-state index contributed by atoms with van der Waals surface area (Å²) in [4.78, 5) is 17.3. The number of phenols is 1. The van der Waals surface area contributed by atoms with Crippen LogP contribution in [-0.4, -0.2) is 119 Å². The van der Waals surface area contributed by atoms with Gasteiger partial charge in [0.2, 0.25) is 0 Å². The van der Waals surface area contributed by atoms with Crippen molar-refractivity contribution < 1.29 is 28.1 Å². The van der Waals surface area contributed by atoms with Crippen LogP contribution in [0.25, 0.3) is 43.7 Å². The second kappa shape index (κ2) is 14.2. The number of ether oxygens (including phenoxy) is 3. The molecule has 11 nitrogen and oxygen atoms in total. The van der Waals surface area contributed by atoms with Crippen molar-refractivity contribution in [3.8, 4) is 35.2 Å². The summed E-state index contributed by atoms with van der Waals surface area (Å²) in [5.74, 6) is 1.71. The van der Waals surface area contributed by atoms with E-state index in [4.69, 9.17) is 35.7 Å². The number of benzene rings is 3. The van der Waals surface area contributed by atoms with Gasteiger partial charge in [0.25, 0.3) is 0 Å². The van der Waals surface area contributed by atoms with Gasteiger partial charge in [-0.25, -0.2) is 8.78 Å². The number of hydrogen-bond acceptors (Lipinski definition) is 10. The lowest BCUT2D eigenvalue weighted by Gasteiger charge is -2.42. The smallest absolute Gasteiger partial charge is 0.319 e. The SMILES string of the molecule is C#Cc1c(F)ccc2cc(O)cc(-c3c(F)c4nc(OCC5(CN6CCO[C@H](C)C6)CC5)nc(N5[C@@H]6CC[C@H]5CN(CCCOC)C6)c4c4cn(C)nc34)c12. The van der Waals surface area contributed by atoms with E-state index in [2.05, 4.69) is 27.5 Å². The van der Waals surface area contributed by atoms with Gasteiger partial charge in [-0.15, -0.1) is 6.42 Å². The largest absolute Gasteiger partial charge is 0.508 e. The fourth-order valence-electron chi connectivity index (χ4n) is 9.38. The number of hydrogen-bond donors (Lipinski definition) is 1. The number of aromatic nitrogens is 4. The zero-order chi connectivity index (χ0) is 38.0. The fraction of sp³-hybridized carbons (Fsp3) is 0.500. The summed E-state index contributed by atoms with van der Waals surface area (Å²) in [7, 11) is 3.51. The minimum atomic E-state index is -0.664. The zero-order valence-electron chi connectivity index (χ0n) is 31.7. The zero-order valence-corrected chi connectivity index (χ0v) is 31.7. The number of piperazine rings is 1. The molecule has 3 atom stereocenters. The van der Waals surface area contributed by atoms with Crippen LogP contribution in [0.3, 0.4) is 0 Å². The topological polar surface area (TPSA) is 101 Å². The van der Waals surface area contributed by atoms with Gasteiger partial charge >= 0.3 is 6.01 Å². The Morgan fingerprint density at radius 3 is 2.58 bits per heavy atom. The highest BCUT2D eigenvalue weighted by Gasteiger charge is 2.46. The second-order valence-corrected chi connectivity index (χ2v) is 16.1. The summed E-state index contributed by atoms with van der Waals surface area (Å²) >= 11 is 0. The number of phenolic OH excluding ortho intramolecular Hbond substituents is 1. The van der Waals surface area contributed by atoms with Gasteiger partial charge in [0.15, 0.2) is 5.82 Å². The maximum Gasteiger partial charge on any atom is 0.319 e. The quantitative estimate of drug-likeness (QED) is 0.130. The molecule has 5 aromatic rings. The third-order valence-corrected chi connectivity index (χ3v) is 12.1. The summed E-state index contributed by atoms with van der Waals surface area (Å²) < 4.78 is 52.4. The van der Waals surface area contributed by atoms with E-state index in [-0.39, 0.29) is 57.6 Å². The molecule has 3 aliphatic heterocycles. The first-order valence-corrected chi connectivity index (χ1v) is 19.4. The van der Waals surface area contributed by atoms with Gasteiger partial charge < -0.3 is 24.2 Å². The number of terminal acetylenes is 1. The van der Waals surface area contributed by atoms with Gasteiger partial charge in [-0.05, 0) is 68.2 Å². The molecule has 2 bridgehead atoms. The number of nitrogens with zero attached hydrogens (tertiary/aromatic N) is 7. The van der Waals surface area contributed by atoms with Crippen molar-refractivity contribution >= 4 is 38.4 Å². The number of methoxy groups -OCH3 is 1. The van der Waals surface area contributed by atoms with Gasteiger partial charge in [-0.1, -0.05) is 12.0 Å². The number of fused-ring (bicyclic) bond motifs is 6. The summed E-state index contributed by atoms with van der Waals surface area (Å²) in [5, 5.41) is 17.7. The van der Waals surface area contributed by atoms with Crippen LogP contribution in [0.5, 0.6) is 11.8 Å². The molecule has 0 radical (unpaired) electrons. The molecule has 0 amide bonds. The van der Waals surface area contributed by atoms with Crippen LogP contribution in [0.4, 0.5) is 14.6 Å². The molecule has 288 valence electrons. The summed E-state index contributed by atoms with van der Waals surface area (Å²) in [5.41, 5.74) is 0.678. The Hall–Kier alpha value is -4.61. The predicted molar refractivity (Wildman–Crippen MR) is 208 cm³/mol. The Morgan fingerprint density at radius 1 is 1.05 bits per heavy atom. The van der Waals surface area contributed by atoms with Crippen molar-refractivity contribution in [3.05, 3.63) is 47.7 Å². The minimum absolute atomic E-state index is 0.0205. The van der Waals surface area contributed by atoms with Crippen molar-refractivity contribution in [2.24, 2.45) is 12.5 Å². The van der Waals surface area contributed by atoms with E-state index in [0.29, 0.717) is 52.7 Å². The van der Waals surface area contributed by atoms with Crippen molar-refractivity contribution in [2.75, 3.05) is 71.1 Å². The van der Waals surface area contributed by atoms with E-state index in [1.807, 2.05) is 6.20 Å². The highest BCUT2D eigenvalue weighted by Crippen LogP contribution is 2.49. The average molecular weight is 752 g/mol. The molecule has 5 heterocycles. The minimum Gasteiger partial charge on any atom is -0.508 e. The Labute approximate surface area is 319 Å². The molecule has 1 aliphatic carbocycles. The molecular formula is C42H47F2N7O4. The number of aryl methyl sites for hydroxylation is 1. The van der Waals surface area contributed by atoms with Gasteiger partial charge in [-0.2, -0.15) is 15.1 Å². The normalized spacial score (nSPS) is 22.5. The van der Waals surface area contributed by atoms with Crippen LogP contribution in [-0.2, 0) is 16.5 Å². The predicted octanol–water partition coefficient (Wildman–Crippen LogP) is 5.87. The number of likely N-dealkylation sites (tertiary alicyclic amines) is 1. The molecule has 2 aromatic heterocycles. The van der Waals surface area contributed by atoms with Crippen LogP contribution in [0, 0.1) is 29.4 Å². The van der Waals surface area contributed by atoms with Gasteiger partial charge in [0.1, 0.15) is 28.4 Å². The molecule has 3 aromatic carbocycles. The molecule has 4 aliphatic rings. The molecule has 9 rings (SSSR count). The van der Waals surface area contributed by atoms with Crippen molar-refractivity contribution in [2.45, 2.75) is 57.2 Å². The average Bonchev–Trinajstić information content (AvgIpc) is 3.73. The molecular weight excluding hydrogens is 705 g/mol. The fourth-order valence-corrected chi connectivity index (χ4v) is 9.38. The van der Waals surface area contributed by atoms with E-state index in [0.717, 1.165) is 71.4 Å². The van der Waals surface area contributed by atoms with Gasteiger partial charge in [0.05, 0.1) is 30.3 Å². The molecule has 3 saturated heterocycles. The number of halogens is 2. The molecule has 13 heteroatoms. The lowest BCUT2D eigenvalue weighted by Crippen LogP contribution is -2.54. The first-order valence-electron chi connectivity index (χ1n) is 19.4. The molecule has 1 saturated carbocycles. The van der Waals surface area contributed by atoms with E-state index < -0.39 is 11.6 Å². The highest BCUT2D eigenvalue weighted by molar-refractivity contribution is 6.18. The molecule has 4 fully saturated rings. The maximum atomic E-state index is 17.8. The first-order chi connectivity index (χ1) is 26.6. The Balaban J connectivity index is 1.20. The van der Waals surface area contributed by atoms with Crippen LogP contribution in [0.2, 0.25) is 0 Å². The Bertz CT molecular complexity index is 2330. The van der Waals surface area contributed by atoms with Gasteiger partial charge in [0, 0.05) is 100 Å². The van der Waals surface area contributed by atoms with Crippen LogP contribution >= 0.6 is 0 Å². The number of rotatable bonds is 11. The second-order valence-electron chi connectivity index (χ2n) is 16.1. The molecule has 0 unspecified atom stereocenters. The first kappa shape index (κ1) is 36.1. The monoisotopic (exact) mass is 751 g/mol. The van der Waals surface area contributed by atoms with E-state index >= 15 is 8.78 Å². The van der Waals surface area contributed by atoms with Crippen LogP contribution in [0.1, 0.15) is 44.6 Å². The van der Waals surface area contributed by atoms with Crippen molar-refractivity contribution in [3.63, 3.8) is 0 Å². The standard InChI is InChI=1S/C42H47F2N7O4/c1-5-30-33(43)10-7-26-17-29(52)18-31(34(26)30)35-37(44)39-36(32-22-48(3)47-38(32)35)40(51-27-8-9-28(51)21-49(20-27)13-6-15-53-4)46-41(45-39)55-24-42(11-12-42)23-50-14-16-54-25(2)19-50/h1,7,10,17-18,22,25,27-28,52H,6,8-9,11-16,19-21,23-24H2,2-4H3/t25-,27-,28+/m1/s1. The molecule has 1 N–H and O–H groups in total. The van der Waals surface area contributed by atoms with Crippen molar-refractivity contribution in [1.29, 1.82) is 0 Å². The van der Waals surface area contributed by atoms with Gasteiger partial charge in [-0.3, -0.25) is 14.5 Å². The number of anilines is 1. The van der Waals surface area contributed by atoms with E-state index in [1.165, 1.54) is 24.3 Å². The van der Waals surface area contributed by atoms with E-state index in [9.17, 15) is 5.11 Å². The lowest BCUT2D eigenvalue weighted by atomic mass is 9.91. The third-order valence-electron chi connectivity index (χ3n) is 12.1. The summed E-state index contributed by atoms with van der Waals surface area (Å²) in [6.45, 7) is 9.25. The summed E-state index contributed by atoms with van der Waals surface area (Å²) in [6, 6.07) is 6.16.